The Morgan fingerprint density at radius 1 is 0.947 bits per heavy atom. The van der Waals surface area contributed by atoms with Gasteiger partial charge in [-0.3, -0.25) is 4.68 Å². The van der Waals surface area contributed by atoms with Crippen LogP contribution in [0.1, 0.15) is 17.6 Å². The van der Waals surface area contributed by atoms with E-state index in [9.17, 15) is 0 Å². The van der Waals surface area contributed by atoms with Crippen molar-refractivity contribution in [1.82, 2.24) is 19.7 Å². The van der Waals surface area contributed by atoms with E-state index >= 15 is 4.39 Å². The van der Waals surface area contributed by atoms with Crippen molar-refractivity contribution in [2.45, 2.75) is 12.8 Å². The highest BCUT2D eigenvalue weighted by atomic mass is 19.1. The van der Waals surface area contributed by atoms with E-state index in [-0.39, 0.29) is 0 Å². The summed E-state index contributed by atoms with van der Waals surface area (Å²) in [6, 6.07) is 22.8. The average Bonchev–Trinajstić information content (AvgIpc) is 3.71. The molecule has 0 atom stereocenters. The minimum Gasteiger partial charge on any atom is -0.456 e. The smallest absolute Gasteiger partial charge is 0.217 e. The lowest BCUT2D eigenvalue weighted by Gasteiger charge is -2.11. The van der Waals surface area contributed by atoms with Gasteiger partial charge in [-0.05, 0) is 42.0 Å². The van der Waals surface area contributed by atoms with Crippen LogP contribution in [-0.4, -0.2) is 33.0 Å². The van der Waals surface area contributed by atoms with Crippen molar-refractivity contribution in [3.05, 3.63) is 102 Å². The molecule has 188 valence electrons. The molecule has 9 heteroatoms. The van der Waals surface area contributed by atoms with Crippen LogP contribution in [0.4, 0.5) is 15.9 Å². The van der Waals surface area contributed by atoms with Crippen molar-refractivity contribution >= 4 is 33.3 Å². The highest BCUT2D eigenvalue weighted by Crippen LogP contribution is 2.34. The van der Waals surface area contributed by atoms with Gasteiger partial charge >= 0.3 is 0 Å². The largest absolute Gasteiger partial charge is 0.456 e. The minimum atomic E-state index is -0.570. The minimum absolute atomic E-state index is 0.303. The summed E-state index contributed by atoms with van der Waals surface area (Å²) in [6.45, 7) is 1.68. The van der Waals surface area contributed by atoms with Crippen LogP contribution in [0.3, 0.4) is 0 Å². The van der Waals surface area contributed by atoms with Crippen molar-refractivity contribution in [3.63, 3.8) is 0 Å². The molecule has 8 nitrogen and oxygen atoms in total. The topological polar surface area (TPSA) is 87.2 Å². The number of fused-ring (bicyclic) bond motifs is 2. The number of nitrogens with one attached hydrogen (secondary N) is 1. The zero-order chi connectivity index (χ0) is 25.5. The second-order valence-corrected chi connectivity index (χ2v) is 9.03. The van der Waals surface area contributed by atoms with Gasteiger partial charge in [-0.1, -0.05) is 30.3 Å². The molecule has 0 amide bonds. The van der Waals surface area contributed by atoms with Crippen LogP contribution in [0.2, 0.25) is 0 Å². The van der Waals surface area contributed by atoms with Crippen LogP contribution < -0.4 is 5.32 Å². The second-order valence-electron chi connectivity index (χ2n) is 9.03. The Bertz CT molecular complexity index is 1760. The lowest BCUT2D eigenvalue weighted by molar-refractivity contribution is -0.0585. The molecular formula is C29H22FN5O3. The van der Waals surface area contributed by atoms with E-state index in [1.807, 2.05) is 47.3 Å². The standard InChI is InChI=1S/C29H22FN5O3/c30-23-14-24-22(13-21(23)26-8-9-27(38-26)29-36-10-11-37-29)28(32-17-31-24)34-20-6-7-25-19(12-20)15-33-35(25)16-18-4-2-1-3-5-18/h1-9,12-15,17,29H,10-11,16H2,(H,31,32,34). The molecule has 0 aliphatic carbocycles. The molecule has 3 aromatic heterocycles. The van der Waals surface area contributed by atoms with Gasteiger partial charge in [0, 0.05) is 22.5 Å². The number of anilines is 2. The number of aromatic nitrogens is 4. The zero-order valence-electron chi connectivity index (χ0n) is 20.2. The number of halogens is 1. The van der Waals surface area contributed by atoms with Gasteiger partial charge in [0.15, 0.2) is 5.76 Å². The number of nitrogens with zero attached hydrogens (tertiary/aromatic N) is 4. The van der Waals surface area contributed by atoms with Gasteiger partial charge in [0.05, 0.1) is 42.6 Å². The number of benzene rings is 3. The maximum absolute atomic E-state index is 15.1. The molecule has 1 aliphatic heterocycles. The first-order valence-electron chi connectivity index (χ1n) is 12.3. The quantitative estimate of drug-likeness (QED) is 0.287. The Balaban J connectivity index is 1.20. The van der Waals surface area contributed by atoms with E-state index in [0.29, 0.717) is 53.6 Å². The van der Waals surface area contributed by atoms with Gasteiger partial charge in [-0.2, -0.15) is 5.10 Å². The van der Waals surface area contributed by atoms with Crippen molar-refractivity contribution < 1.29 is 18.3 Å². The number of hydrogen-bond donors (Lipinski definition) is 1. The third-order valence-corrected chi connectivity index (χ3v) is 6.55. The molecule has 0 unspecified atom stereocenters. The van der Waals surface area contributed by atoms with E-state index in [1.54, 1.807) is 18.2 Å². The maximum Gasteiger partial charge on any atom is 0.217 e. The number of furan rings is 1. The summed E-state index contributed by atoms with van der Waals surface area (Å²) in [5.74, 6) is 0.992. The molecule has 4 heterocycles. The lowest BCUT2D eigenvalue weighted by atomic mass is 10.1. The summed E-state index contributed by atoms with van der Waals surface area (Å²) in [4.78, 5) is 8.71. The van der Waals surface area contributed by atoms with Gasteiger partial charge < -0.3 is 19.2 Å². The molecule has 0 bridgehead atoms. The molecule has 0 radical (unpaired) electrons. The molecule has 1 saturated heterocycles. The SMILES string of the molecule is Fc1cc2ncnc(Nc3ccc4c(cnn4Cc4ccccc4)c3)c2cc1-c1ccc(C2OCCO2)o1. The maximum atomic E-state index is 15.1. The van der Waals surface area contributed by atoms with Gasteiger partial charge in [0.25, 0.3) is 0 Å². The van der Waals surface area contributed by atoms with E-state index in [0.717, 1.165) is 16.6 Å². The second kappa shape index (κ2) is 9.37. The molecule has 0 saturated carbocycles. The Labute approximate surface area is 216 Å². The molecule has 0 spiro atoms. The van der Waals surface area contributed by atoms with Crippen molar-refractivity contribution in [2.24, 2.45) is 0 Å². The van der Waals surface area contributed by atoms with Crippen molar-refractivity contribution in [1.29, 1.82) is 0 Å². The summed E-state index contributed by atoms with van der Waals surface area (Å²) in [5.41, 5.74) is 3.83. The molecule has 6 aromatic rings. The number of rotatable bonds is 6. The average molecular weight is 508 g/mol. The van der Waals surface area contributed by atoms with Crippen LogP contribution >= 0.6 is 0 Å². The normalized spacial score (nSPS) is 14.0. The molecule has 7 rings (SSSR count). The molecule has 1 N–H and O–H groups in total. The fourth-order valence-corrected chi connectivity index (χ4v) is 4.70. The molecule has 3 aromatic carbocycles. The monoisotopic (exact) mass is 507 g/mol. The van der Waals surface area contributed by atoms with Crippen LogP contribution in [0, 0.1) is 5.82 Å². The van der Waals surface area contributed by atoms with Gasteiger partial charge in [-0.15, -0.1) is 0 Å². The first-order chi connectivity index (χ1) is 18.7. The van der Waals surface area contributed by atoms with Crippen molar-refractivity contribution in [3.8, 4) is 11.3 Å². The van der Waals surface area contributed by atoms with Crippen LogP contribution in [0.15, 0.2) is 89.7 Å². The predicted octanol–water partition coefficient (Wildman–Crippen LogP) is 6.22. The summed E-state index contributed by atoms with van der Waals surface area (Å²) in [7, 11) is 0. The van der Waals surface area contributed by atoms with E-state index in [2.05, 4.69) is 32.5 Å². The Morgan fingerprint density at radius 2 is 1.82 bits per heavy atom. The van der Waals surface area contributed by atoms with Gasteiger partial charge in [0.2, 0.25) is 6.29 Å². The number of hydrogen-bond acceptors (Lipinski definition) is 7. The zero-order valence-corrected chi connectivity index (χ0v) is 20.2. The summed E-state index contributed by atoms with van der Waals surface area (Å²) < 4.78 is 33.9. The van der Waals surface area contributed by atoms with Crippen LogP contribution in [-0.2, 0) is 16.0 Å². The molecule has 1 fully saturated rings. The fraction of sp³-hybridized carbons (Fsp3) is 0.138. The lowest BCUT2D eigenvalue weighted by Crippen LogP contribution is -2.01. The third-order valence-electron chi connectivity index (χ3n) is 6.55. The van der Waals surface area contributed by atoms with Gasteiger partial charge in [-0.25, -0.2) is 14.4 Å². The number of ether oxygens (including phenoxy) is 2. The molecule has 1 aliphatic rings. The third kappa shape index (κ3) is 4.17. The summed E-state index contributed by atoms with van der Waals surface area (Å²) >= 11 is 0. The van der Waals surface area contributed by atoms with E-state index < -0.39 is 12.1 Å². The van der Waals surface area contributed by atoms with Crippen LogP contribution in [0.5, 0.6) is 0 Å². The summed E-state index contributed by atoms with van der Waals surface area (Å²) in [6.07, 6.45) is 2.70. The van der Waals surface area contributed by atoms with Crippen LogP contribution in [0.25, 0.3) is 33.1 Å². The van der Waals surface area contributed by atoms with E-state index in [1.165, 1.54) is 18.0 Å². The van der Waals surface area contributed by atoms with E-state index in [4.69, 9.17) is 13.9 Å². The first-order valence-corrected chi connectivity index (χ1v) is 12.3. The molecular weight excluding hydrogens is 485 g/mol. The summed E-state index contributed by atoms with van der Waals surface area (Å²) in [5, 5.41) is 9.59. The first kappa shape index (κ1) is 22.6. The van der Waals surface area contributed by atoms with Crippen molar-refractivity contribution in [2.75, 3.05) is 18.5 Å². The fourth-order valence-electron chi connectivity index (χ4n) is 4.70. The van der Waals surface area contributed by atoms with Gasteiger partial charge in [0.1, 0.15) is 23.7 Å². The Hall–Kier alpha value is -4.60. The predicted molar refractivity (Wildman–Crippen MR) is 140 cm³/mol. The highest BCUT2D eigenvalue weighted by Gasteiger charge is 2.23. The molecule has 38 heavy (non-hydrogen) atoms. The highest BCUT2D eigenvalue weighted by molar-refractivity contribution is 5.94. The Morgan fingerprint density at radius 3 is 2.68 bits per heavy atom. The Kier molecular flexibility index (Phi) is 5.57.